The van der Waals surface area contributed by atoms with E-state index in [9.17, 15) is 14.9 Å². The zero-order valence-electron chi connectivity index (χ0n) is 14.2. The molecule has 3 N–H and O–H groups in total. The van der Waals surface area contributed by atoms with Crippen LogP contribution in [0.2, 0.25) is 0 Å². The normalized spacial score (nSPS) is 18.5. The third-order valence-corrected chi connectivity index (χ3v) is 4.20. The maximum Gasteiger partial charge on any atom is 0.333 e. The van der Waals surface area contributed by atoms with E-state index in [-0.39, 0.29) is 18.0 Å². The van der Waals surface area contributed by atoms with E-state index in [1.54, 1.807) is 24.3 Å². The number of anilines is 2. The van der Waals surface area contributed by atoms with Crippen molar-refractivity contribution in [2.75, 3.05) is 12.4 Å². The van der Waals surface area contributed by atoms with Crippen molar-refractivity contribution in [2.45, 2.75) is 19.0 Å². The Balaban J connectivity index is 2.03. The van der Waals surface area contributed by atoms with Crippen LogP contribution in [0.5, 0.6) is 0 Å². The summed E-state index contributed by atoms with van der Waals surface area (Å²) in [4.78, 5) is 30.8. The standard InChI is InChI=1S/C17H17N5O4/c1-10(23)11-4-3-5-12(6-11)21-16-13-8-17(18,22(24)25)15(26-2)7-14(13)19-9-20-16/h3-7,9H,8,18H2,1-2H3,(H,19,20,21). The number of hydrogen-bond acceptors (Lipinski definition) is 8. The number of ketones is 1. The number of carbonyl (C=O) groups excluding carboxylic acids is 1. The van der Waals surface area contributed by atoms with Crippen molar-refractivity contribution in [3.63, 3.8) is 0 Å². The first-order chi connectivity index (χ1) is 12.3. The monoisotopic (exact) mass is 355 g/mol. The molecule has 1 heterocycles. The summed E-state index contributed by atoms with van der Waals surface area (Å²) in [7, 11) is 1.33. The summed E-state index contributed by atoms with van der Waals surface area (Å²) >= 11 is 0. The van der Waals surface area contributed by atoms with Gasteiger partial charge in [-0.3, -0.25) is 20.6 Å². The Morgan fingerprint density at radius 1 is 1.42 bits per heavy atom. The molecule has 0 radical (unpaired) electrons. The molecule has 9 heteroatoms. The highest BCUT2D eigenvalue weighted by Gasteiger charge is 2.48. The molecule has 0 aliphatic heterocycles. The van der Waals surface area contributed by atoms with Gasteiger partial charge in [0.1, 0.15) is 12.1 Å². The van der Waals surface area contributed by atoms with Crippen molar-refractivity contribution in [3.05, 3.63) is 63.3 Å². The third kappa shape index (κ3) is 3.00. The van der Waals surface area contributed by atoms with E-state index < -0.39 is 10.6 Å². The highest BCUT2D eigenvalue weighted by molar-refractivity contribution is 5.95. The summed E-state index contributed by atoms with van der Waals surface area (Å²) in [6, 6.07) is 6.89. The number of fused-ring (bicyclic) bond motifs is 1. The molecular weight excluding hydrogens is 338 g/mol. The van der Waals surface area contributed by atoms with Gasteiger partial charge in [0.05, 0.1) is 24.1 Å². The molecule has 0 fully saturated rings. The minimum absolute atomic E-state index is 0.0261. The van der Waals surface area contributed by atoms with E-state index in [1.165, 1.54) is 26.4 Å². The zero-order chi connectivity index (χ0) is 18.9. The SMILES string of the molecule is COC1=Cc2ncnc(Nc3cccc(C(C)=O)c3)c2CC1(N)[N+](=O)[O-]. The molecule has 3 rings (SSSR count). The lowest BCUT2D eigenvalue weighted by atomic mass is 9.91. The first kappa shape index (κ1) is 17.5. The molecule has 0 bridgehead atoms. The third-order valence-electron chi connectivity index (χ3n) is 4.20. The maximum atomic E-state index is 11.5. The minimum Gasteiger partial charge on any atom is -0.492 e. The number of nitrogens with zero attached hydrogens (tertiary/aromatic N) is 3. The molecule has 2 aromatic rings. The molecule has 0 spiro atoms. The Kier molecular flexibility index (Phi) is 4.39. The van der Waals surface area contributed by atoms with Gasteiger partial charge in [-0.2, -0.15) is 0 Å². The first-order valence-electron chi connectivity index (χ1n) is 7.76. The quantitative estimate of drug-likeness (QED) is 0.359. The van der Waals surface area contributed by atoms with Crippen LogP contribution >= 0.6 is 0 Å². The molecule has 1 aromatic carbocycles. The van der Waals surface area contributed by atoms with Gasteiger partial charge in [-0.25, -0.2) is 9.97 Å². The highest BCUT2D eigenvalue weighted by atomic mass is 16.6. The van der Waals surface area contributed by atoms with Gasteiger partial charge < -0.3 is 10.1 Å². The molecule has 134 valence electrons. The van der Waals surface area contributed by atoms with Gasteiger partial charge in [-0.15, -0.1) is 0 Å². The fourth-order valence-corrected chi connectivity index (χ4v) is 2.78. The summed E-state index contributed by atoms with van der Waals surface area (Å²) < 4.78 is 5.10. The van der Waals surface area contributed by atoms with Gasteiger partial charge in [0.2, 0.25) is 0 Å². The lowest BCUT2D eigenvalue weighted by Gasteiger charge is -2.27. The lowest BCUT2D eigenvalue weighted by molar-refractivity contribution is -0.562. The second-order valence-corrected chi connectivity index (χ2v) is 5.92. The summed E-state index contributed by atoms with van der Waals surface area (Å²) in [5, 5.41) is 14.6. The van der Waals surface area contributed by atoms with E-state index in [4.69, 9.17) is 10.5 Å². The molecule has 0 saturated heterocycles. The second kappa shape index (κ2) is 6.52. The van der Waals surface area contributed by atoms with Gasteiger partial charge in [-0.05, 0) is 19.1 Å². The number of aromatic nitrogens is 2. The van der Waals surface area contributed by atoms with Crippen LogP contribution in [0.1, 0.15) is 28.5 Å². The van der Waals surface area contributed by atoms with Gasteiger partial charge in [0.15, 0.2) is 11.5 Å². The summed E-state index contributed by atoms with van der Waals surface area (Å²) in [6.45, 7) is 1.47. The average molecular weight is 355 g/mol. The van der Waals surface area contributed by atoms with Crippen LogP contribution < -0.4 is 11.1 Å². The van der Waals surface area contributed by atoms with E-state index in [0.717, 1.165) is 0 Å². The van der Waals surface area contributed by atoms with Crippen molar-refractivity contribution < 1.29 is 14.5 Å². The Morgan fingerprint density at radius 3 is 2.85 bits per heavy atom. The molecular formula is C17H17N5O4. The maximum absolute atomic E-state index is 11.5. The van der Waals surface area contributed by atoms with E-state index in [1.807, 2.05) is 0 Å². The smallest absolute Gasteiger partial charge is 0.333 e. The number of nitrogens with one attached hydrogen (secondary N) is 1. The molecule has 1 aliphatic rings. The van der Waals surface area contributed by atoms with Gasteiger partial charge in [0, 0.05) is 22.9 Å². The molecule has 0 saturated carbocycles. The number of ether oxygens (including phenoxy) is 1. The van der Waals surface area contributed by atoms with Gasteiger partial charge >= 0.3 is 5.66 Å². The van der Waals surface area contributed by atoms with Crippen molar-refractivity contribution in [1.29, 1.82) is 0 Å². The fraction of sp³-hybridized carbons (Fsp3) is 0.235. The molecule has 1 atom stereocenters. The summed E-state index contributed by atoms with van der Waals surface area (Å²) in [5.41, 5.74) is 6.24. The van der Waals surface area contributed by atoms with Crippen LogP contribution in [0.3, 0.4) is 0 Å². The Hall–Kier alpha value is -3.33. The molecule has 1 aromatic heterocycles. The summed E-state index contributed by atoms with van der Waals surface area (Å²) in [5.74, 6) is 0.345. The van der Waals surface area contributed by atoms with Crippen LogP contribution in [-0.4, -0.2) is 33.4 Å². The zero-order valence-corrected chi connectivity index (χ0v) is 14.2. The number of benzene rings is 1. The predicted molar refractivity (Wildman–Crippen MR) is 94.4 cm³/mol. The van der Waals surface area contributed by atoms with Crippen LogP contribution in [-0.2, 0) is 11.2 Å². The first-order valence-corrected chi connectivity index (χ1v) is 7.76. The fourth-order valence-electron chi connectivity index (χ4n) is 2.78. The average Bonchev–Trinajstić information content (AvgIpc) is 2.62. The Labute approximate surface area is 149 Å². The lowest BCUT2D eigenvalue weighted by Crippen LogP contribution is -2.53. The second-order valence-electron chi connectivity index (χ2n) is 5.92. The molecule has 9 nitrogen and oxygen atoms in total. The molecule has 1 aliphatic carbocycles. The van der Waals surface area contributed by atoms with Crippen molar-refractivity contribution in [1.82, 2.24) is 9.97 Å². The minimum atomic E-state index is -1.90. The van der Waals surface area contributed by atoms with E-state index in [2.05, 4.69) is 15.3 Å². The van der Waals surface area contributed by atoms with Crippen LogP contribution in [0.25, 0.3) is 6.08 Å². The van der Waals surface area contributed by atoms with Crippen molar-refractivity contribution in [2.24, 2.45) is 5.73 Å². The molecule has 26 heavy (non-hydrogen) atoms. The Morgan fingerprint density at radius 2 is 2.19 bits per heavy atom. The molecule has 1 unspecified atom stereocenters. The van der Waals surface area contributed by atoms with Gasteiger partial charge in [-0.1, -0.05) is 12.1 Å². The Bertz CT molecular complexity index is 927. The van der Waals surface area contributed by atoms with E-state index in [0.29, 0.717) is 28.3 Å². The van der Waals surface area contributed by atoms with Crippen molar-refractivity contribution in [3.8, 4) is 0 Å². The number of nitrogens with two attached hydrogens (primary N) is 1. The summed E-state index contributed by atoms with van der Waals surface area (Å²) in [6.07, 6.45) is 2.65. The van der Waals surface area contributed by atoms with Crippen molar-refractivity contribution >= 4 is 23.4 Å². The molecule has 0 amide bonds. The van der Waals surface area contributed by atoms with Gasteiger partial charge in [0.25, 0.3) is 0 Å². The topological polar surface area (TPSA) is 133 Å². The number of Topliss-reactive ketones (excluding diaryl/α,β-unsaturated/α-hetero) is 1. The van der Waals surface area contributed by atoms with E-state index >= 15 is 0 Å². The number of methoxy groups -OCH3 is 1. The van der Waals surface area contributed by atoms with Crippen LogP contribution in [0.4, 0.5) is 11.5 Å². The van der Waals surface area contributed by atoms with Crippen LogP contribution in [0, 0.1) is 10.1 Å². The largest absolute Gasteiger partial charge is 0.492 e. The number of nitro groups is 1. The number of carbonyl (C=O) groups is 1. The predicted octanol–water partition coefficient (Wildman–Crippen LogP) is 1.90. The number of hydrogen-bond donors (Lipinski definition) is 2. The number of rotatable bonds is 5. The van der Waals surface area contributed by atoms with Crippen LogP contribution in [0.15, 0.2) is 36.4 Å². The highest BCUT2D eigenvalue weighted by Crippen LogP contribution is 2.34.